The van der Waals surface area contributed by atoms with E-state index in [1.807, 2.05) is 23.1 Å². The lowest BCUT2D eigenvalue weighted by Crippen LogP contribution is -2.63. The van der Waals surface area contributed by atoms with Crippen molar-refractivity contribution >= 4 is 5.91 Å². The van der Waals surface area contributed by atoms with E-state index in [4.69, 9.17) is 4.74 Å². The first kappa shape index (κ1) is 15.3. The third-order valence-corrected chi connectivity index (χ3v) is 4.89. The summed E-state index contributed by atoms with van der Waals surface area (Å²) in [5, 5.41) is 10.4. The van der Waals surface area contributed by atoms with Crippen LogP contribution >= 0.6 is 0 Å². The summed E-state index contributed by atoms with van der Waals surface area (Å²) in [6, 6.07) is 9.23. The van der Waals surface area contributed by atoms with E-state index in [-0.39, 0.29) is 5.91 Å². The lowest BCUT2D eigenvalue weighted by Gasteiger charge is -2.50. The molecule has 3 rings (SSSR count). The summed E-state index contributed by atoms with van der Waals surface area (Å²) in [4.78, 5) is 14.6. The van der Waals surface area contributed by atoms with E-state index in [2.05, 4.69) is 0 Å². The van der Waals surface area contributed by atoms with Crippen molar-refractivity contribution in [2.24, 2.45) is 5.41 Å². The Morgan fingerprint density at radius 3 is 2.36 bits per heavy atom. The predicted octanol–water partition coefficient (Wildman–Crippen LogP) is 2.61. The van der Waals surface area contributed by atoms with Gasteiger partial charge in [0.05, 0.1) is 0 Å². The number of para-hydroxylation sites is 1. The number of carbonyl (C=O) groups excluding carboxylic acids is 1. The molecule has 1 spiro atoms. The lowest BCUT2D eigenvalue weighted by atomic mass is 9.77. The van der Waals surface area contributed by atoms with E-state index in [1.165, 1.54) is 25.7 Å². The Hall–Kier alpha value is -1.55. The molecule has 1 unspecified atom stereocenters. The largest absolute Gasteiger partial charge is 0.478 e. The third kappa shape index (κ3) is 2.98. The molecular formula is C18H25NO3. The Kier molecular flexibility index (Phi) is 3.89. The average molecular weight is 303 g/mol. The molecular weight excluding hydrogens is 278 g/mol. The van der Waals surface area contributed by atoms with Gasteiger partial charge in [0.15, 0.2) is 0 Å². The minimum atomic E-state index is -1.22. The molecule has 1 aliphatic heterocycles. The molecule has 1 heterocycles. The Labute approximate surface area is 132 Å². The van der Waals surface area contributed by atoms with Gasteiger partial charge >= 0.3 is 0 Å². The number of ether oxygens (including phenoxy) is 1. The first-order chi connectivity index (χ1) is 10.4. The van der Waals surface area contributed by atoms with Gasteiger partial charge in [0.1, 0.15) is 11.4 Å². The Morgan fingerprint density at radius 1 is 1.23 bits per heavy atom. The number of hydrogen-bond donors (Lipinski definition) is 1. The first-order valence-electron chi connectivity index (χ1n) is 8.13. The molecule has 4 heteroatoms. The second-order valence-corrected chi connectivity index (χ2v) is 7.37. The zero-order chi connectivity index (χ0) is 15.8. The molecule has 1 amide bonds. The quantitative estimate of drug-likeness (QED) is 0.930. The maximum atomic E-state index is 12.8. The third-order valence-electron chi connectivity index (χ3n) is 4.89. The van der Waals surface area contributed by atoms with Crippen LogP contribution in [0, 0.1) is 5.41 Å². The molecule has 22 heavy (non-hydrogen) atoms. The zero-order valence-electron chi connectivity index (χ0n) is 13.4. The highest BCUT2D eigenvalue weighted by atomic mass is 16.5. The van der Waals surface area contributed by atoms with Gasteiger partial charge in [-0.15, -0.1) is 0 Å². The summed E-state index contributed by atoms with van der Waals surface area (Å²) in [5.74, 6) is 0.507. The fourth-order valence-electron chi connectivity index (χ4n) is 3.66. The zero-order valence-corrected chi connectivity index (χ0v) is 13.4. The molecule has 1 saturated carbocycles. The van der Waals surface area contributed by atoms with Crippen LogP contribution in [0.4, 0.5) is 0 Å². The van der Waals surface area contributed by atoms with Gasteiger partial charge in [-0.2, -0.15) is 0 Å². The fourth-order valence-corrected chi connectivity index (χ4v) is 3.66. The molecule has 4 nitrogen and oxygen atoms in total. The van der Waals surface area contributed by atoms with Crippen LogP contribution in [-0.4, -0.2) is 40.7 Å². The van der Waals surface area contributed by atoms with Crippen LogP contribution in [0.25, 0.3) is 0 Å². The summed E-state index contributed by atoms with van der Waals surface area (Å²) in [7, 11) is 0. The average Bonchev–Trinajstić information content (AvgIpc) is 2.92. The lowest BCUT2D eigenvalue weighted by molar-refractivity contribution is -0.161. The smallest absolute Gasteiger partial charge is 0.266 e. The summed E-state index contributed by atoms with van der Waals surface area (Å²) in [6.07, 6.45) is 4.13. The number of amides is 1. The molecule has 0 bridgehead atoms. The summed E-state index contributed by atoms with van der Waals surface area (Å²) in [5.41, 5.74) is -0.863. The highest BCUT2D eigenvalue weighted by Crippen LogP contribution is 2.45. The van der Waals surface area contributed by atoms with Crippen molar-refractivity contribution in [1.82, 2.24) is 4.90 Å². The van der Waals surface area contributed by atoms with E-state index in [0.717, 1.165) is 13.1 Å². The minimum Gasteiger partial charge on any atom is -0.478 e. The van der Waals surface area contributed by atoms with E-state index in [0.29, 0.717) is 11.2 Å². The molecule has 1 aromatic rings. The van der Waals surface area contributed by atoms with Crippen molar-refractivity contribution in [3.8, 4) is 5.75 Å². The standard InChI is InChI=1S/C18H25NO3/c1-17(2,21)15(22-14-8-4-3-5-9-14)16(20)19-12-18(13-19)10-6-7-11-18/h3-5,8-9,15,21H,6-7,10-13H2,1-2H3. The van der Waals surface area contributed by atoms with Crippen LogP contribution in [0.15, 0.2) is 30.3 Å². The van der Waals surface area contributed by atoms with Gasteiger partial charge in [0.25, 0.3) is 5.91 Å². The molecule has 1 aliphatic carbocycles. The Balaban J connectivity index is 1.69. The van der Waals surface area contributed by atoms with Crippen molar-refractivity contribution in [2.75, 3.05) is 13.1 Å². The fraction of sp³-hybridized carbons (Fsp3) is 0.611. The van der Waals surface area contributed by atoms with Crippen LogP contribution < -0.4 is 4.74 Å². The number of hydrogen-bond acceptors (Lipinski definition) is 3. The van der Waals surface area contributed by atoms with Crippen molar-refractivity contribution in [2.45, 2.75) is 51.2 Å². The Morgan fingerprint density at radius 2 is 1.82 bits per heavy atom. The van der Waals surface area contributed by atoms with E-state index >= 15 is 0 Å². The van der Waals surface area contributed by atoms with Gasteiger partial charge in [-0.3, -0.25) is 4.79 Å². The van der Waals surface area contributed by atoms with Crippen LogP contribution in [0.5, 0.6) is 5.75 Å². The normalized spacial score (nSPS) is 21.5. The Bertz CT molecular complexity index is 521. The highest BCUT2D eigenvalue weighted by Gasteiger charge is 2.50. The SMILES string of the molecule is CC(C)(O)C(Oc1ccccc1)C(=O)N1CC2(CCCC2)C1. The van der Waals surface area contributed by atoms with E-state index in [9.17, 15) is 9.90 Å². The van der Waals surface area contributed by atoms with Crippen LogP contribution in [0.3, 0.4) is 0 Å². The number of nitrogens with zero attached hydrogens (tertiary/aromatic N) is 1. The van der Waals surface area contributed by atoms with Crippen molar-refractivity contribution in [1.29, 1.82) is 0 Å². The maximum absolute atomic E-state index is 12.8. The number of carbonyl (C=O) groups is 1. The molecule has 1 saturated heterocycles. The highest BCUT2D eigenvalue weighted by molar-refractivity contribution is 5.83. The molecule has 0 radical (unpaired) electrons. The van der Waals surface area contributed by atoms with Crippen molar-refractivity contribution in [3.63, 3.8) is 0 Å². The second-order valence-electron chi connectivity index (χ2n) is 7.37. The van der Waals surface area contributed by atoms with Gasteiger partial charge in [-0.25, -0.2) is 0 Å². The van der Waals surface area contributed by atoms with E-state index < -0.39 is 11.7 Å². The molecule has 120 valence electrons. The summed E-state index contributed by atoms with van der Waals surface area (Å²) in [6.45, 7) is 4.89. The van der Waals surface area contributed by atoms with Gasteiger partial charge in [0, 0.05) is 18.5 Å². The summed E-state index contributed by atoms with van der Waals surface area (Å²) < 4.78 is 5.81. The topological polar surface area (TPSA) is 49.8 Å². The van der Waals surface area contributed by atoms with Crippen LogP contribution in [-0.2, 0) is 4.79 Å². The van der Waals surface area contributed by atoms with E-state index in [1.54, 1.807) is 26.0 Å². The number of likely N-dealkylation sites (tertiary alicyclic amines) is 1. The minimum absolute atomic E-state index is 0.103. The van der Waals surface area contributed by atoms with Crippen molar-refractivity contribution in [3.05, 3.63) is 30.3 Å². The molecule has 1 N–H and O–H groups in total. The van der Waals surface area contributed by atoms with Gasteiger partial charge < -0.3 is 14.7 Å². The van der Waals surface area contributed by atoms with Gasteiger partial charge in [-0.1, -0.05) is 31.0 Å². The molecule has 2 fully saturated rings. The molecule has 1 aromatic carbocycles. The molecule has 1 atom stereocenters. The number of aliphatic hydroxyl groups is 1. The van der Waals surface area contributed by atoms with Crippen LogP contribution in [0.2, 0.25) is 0 Å². The van der Waals surface area contributed by atoms with Gasteiger partial charge in [0.2, 0.25) is 6.10 Å². The number of benzene rings is 1. The predicted molar refractivity (Wildman–Crippen MR) is 84.6 cm³/mol. The van der Waals surface area contributed by atoms with Crippen molar-refractivity contribution < 1.29 is 14.6 Å². The molecule has 0 aromatic heterocycles. The first-order valence-corrected chi connectivity index (χ1v) is 8.13. The van der Waals surface area contributed by atoms with Crippen LogP contribution in [0.1, 0.15) is 39.5 Å². The van der Waals surface area contributed by atoms with Gasteiger partial charge in [-0.05, 0) is 38.8 Å². The number of rotatable bonds is 4. The monoisotopic (exact) mass is 303 g/mol. The summed E-state index contributed by atoms with van der Waals surface area (Å²) >= 11 is 0. The second kappa shape index (κ2) is 5.58. The maximum Gasteiger partial charge on any atom is 0.266 e. The molecule has 2 aliphatic rings.